The molecule has 1 heterocycles. The van der Waals surface area contributed by atoms with Gasteiger partial charge < -0.3 is 19.2 Å². The lowest BCUT2D eigenvalue weighted by Crippen LogP contribution is -2.12. The molecule has 0 unspecified atom stereocenters. The second kappa shape index (κ2) is 7.96. The van der Waals surface area contributed by atoms with E-state index in [1.54, 1.807) is 19.1 Å². The third-order valence-corrected chi connectivity index (χ3v) is 3.20. The minimum atomic E-state index is -0.636. The number of aryl methyl sites for hydroxylation is 1. The van der Waals surface area contributed by atoms with Gasteiger partial charge in [-0.15, -0.1) is 0 Å². The van der Waals surface area contributed by atoms with Gasteiger partial charge in [0.25, 0.3) is 0 Å². The molecule has 7 heteroatoms. The van der Waals surface area contributed by atoms with Crippen molar-refractivity contribution in [3.63, 3.8) is 0 Å². The summed E-state index contributed by atoms with van der Waals surface area (Å²) in [6.45, 7) is 1.80. The van der Waals surface area contributed by atoms with Crippen molar-refractivity contribution in [1.82, 2.24) is 0 Å². The van der Waals surface area contributed by atoms with Crippen molar-refractivity contribution in [2.75, 3.05) is 19.5 Å². The highest BCUT2D eigenvalue weighted by atomic mass is 16.5. The fraction of sp³-hybridized carbons (Fsp3) is 0.167. The van der Waals surface area contributed by atoms with Gasteiger partial charge in [-0.3, -0.25) is 4.79 Å². The van der Waals surface area contributed by atoms with Crippen LogP contribution in [0.5, 0.6) is 0 Å². The van der Waals surface area contributed by atoms with Crippen LogP contribution in [-0.2, 0) is 14.3 Å². The highest BCUT2D eigenvalue weighted by molar-refractivity contribution is 6.04. The molecular formula is C18H17NO6. The minimum Gasteiger partial charge on any atom is -0.465 e. The predicted molar refractivity (Wildman–Crippen MR) is 90.2 cm³/mol. The molecule has 0 radical (unpaired) electrons. The van der Waals surface area contributed by atoms with E-state index in [1.807, 2.05) is 0 Å². The van der Waals surface area contributed by atoms with Crippen LogP contribution in [0.2, 0.25) is 0 Å². The molecule has 7 nitrogen and oxygen atoms in total. The number of amides is 1. The van der Waals surface area contributed by atoms with Crippen LogP contribution in [0.4, 0.5) is 5.69 Å². The first-order valence-corrected chi connectivity index (χ1v) is 7.30. The molecule has 0 aliphatic heterocycles. The molecule has 0 atom stereocenters. The second-order valence-electron chi connectivity index (χ2n) is 5.05. The SMILES string of the molecule is COC(=O)c1cc(NC(=O)/C=C/c2ccc(C)o2)cc(C(=O)OC)c1. The quantitative estimate of drug-likeness (QED) is 0.662. The van der Waals surface area contributed by atoms with Crippen molar-refractivity contribution in [2.45, 2.75) is 6.92 Å². The number of anilines is 1. The van der Waals surface area contributed by atoms with Crippen molar-refractivity contribution < 1.29 is 28.3 Å². The number of nitrogens with one attached hydrogen (secondary N) is 1. The number of hydrogen-bond donors (Lipinski definition) is 1. The van der Waals surface area contributed by atoms with Gasteiger partial charge in [0.05, 0.1) is 25.3 Å². The molecule has 2 aromatic rings. The van der Waals surface area contributed by atoms with E-state index in [9.17, 15) is 14.4 Å². The van der Waals surface area contributed by atoms with Crippen LogP contribution in [0.3, 0.4) is 0 Å². The number of hydrogen-bond acceptors (Lipinski definition) is 6. The lowest BCUT2D eigenvalue weighted by molar-refractivity contribution is -0.111. The Bertz CT molecular complexity index is 800. The smallest absolute Gasteiger partial charge is 0.337 e. The molecule has 1 amide bonds. The van der Waals surface area contributed by atoms with Crippen molar-refractivity contribution in [2.24, 2.45) is 0 Å². The summed E-state index contributed by atoms with van der Waals surface area (Å²) >= 11 is 0. The van der Waals surface area contributed by atoms with Crippen LogP contribution >= 0.6 is 0 Å². The molecule has 1 aromatic heterocycles. The first-order valence-electron chi connectivity index (χ1n) is 7.30. The third kappa shape index (κ3) is 4.81. The van der Waals surface area contributed by atoms with E-state index in [4.69, 9.17) is 4.42 Å². The first-order chi connectivity index (χ1) is 11.9. The Morgan fingerprint density at radius 3 is 2.08 bits per heavy atom. The monoisotopic (exact) mass is 343 g/mol. The molecule has 0 fully saturated rings. The number of carbonyl (C=O) groups excluding carboxylic acids is 3. The Balaban J connectivity index is 2.22. The van der Waals surface area contributed by atoms with Crippen molar-refractivity contribution >= 4 is 29.6 Å². The number of rotatable bonds is 5. The Morgan fingerprint density at radius 2 is 1.60 bits per heavy atom. The van der Waals surface area contributed by atoms with Crippen LogP contribution in [-0.4, -0.2) is 32.1 Å². The van der Waals surface area contributed by atoms with Gasteiger partial charge in [-0.05, 0) is 43.3 Å². The first kappa shape index (κ1) is 18.0. The standard InChI is InChI=1S/C18H17NO6/c1-11-4-5-15(25-11)6-7-16(20)19-14-9-12(17(21)23-2)8-13(10-14)18(22)24-3/h4-10H,1-3H3,(H,19,20)/b7-6+. The average Bonchev–Trinajstić information content (AvgIpc) is 3.03. The summed E-state index contributed by atoms with van der Waals surface area (Å²) in [6.07, 6.45) is 2.79. The topological polar surface area (TPSA) is 94.8 Å². The maximum Gasteiger partial charge on any atom is 0.337 e. The number of methoxy groups -OCH3 is 2. The molecule has 0 bridgehead atoms. The summed E-state index contributed by atoms with van der Waals surface area (Å²) < 4.78 is 14.6. The van der Waals surface area contributed by atoms with E-state index < -0.39 is 17.8 Å². The van der Waals surface area contributed by atoms with Crippen molar-refractivity contribution in [3.8, 4) is 0 Å². The van der Waals surface area contributed by atoms with Crippen LogP contribution in [0.25, 0.3) is 6.08 Å². The highest BCUT2D eigenvalue weighted by Gasteiger charge is 2.14. The number of furan rings is 1. The predicted octanol–water partition coefficient (Wildman–Crippen LogP) is 2.81. The number of benzene rings is 1. The Kier molecular flexibility index (Phi) is 5.73. The summed E-state index contributed by atoms with van der Waals surface area (Å²) in [7, 11) is 2.44. The zero-order valence-corrected chi connectivity index (χ0v) is 14.0. The summed E-state index contributed by atoms with van der Waals surface area (Å²) in [4.78, 5) is 35.5. The molecule has 2 rings (SSSR count). The largest absolute Gasteiger partial charge is 0.465 e. The van der Waals surface area contributed by atoms with Gasteiger partial charge >= 0.3 is 11.9 Å². The zero-order chi connectivity index (χ0) is 18.4. The molecule has 1 N–H and O–H groups in total. The molecule has 0 aliphatic rings. The molecule has 1 aromatic carbocycles. The number of carbonyl (C=O) groups is 3. The van der Waals surface area contributed by atoms with Gasteiger partial charge in [0, 0.05) is 11.8 Å². The van der Waals surface area contributed by atoms with Gasteiger partial charge in [0.1, 0.15) is 11.5 Å². The van der Waals surface area contributed by atoms with Crippen molar-refractivity contribution in [1.29, 1.82) is 0 Å². The number of ether oxygens (including phenoxy) is 2. The zero-order valence-electron chi connectivity index (χ0n) is 14.0. The summed E-state index contributed by atoms with van der Waals surface area (Å²) in [5.74, 6) is -0.461. The summed E-state index contributed by atoms with van der Waals surface area (Å²) in [5, 5.41) is 2.57. The molecule has 0 spiro atoms. The molecule has 25 heavy (non-hydrogen) atoms. The molecule has 0 saturated heterocycles. The van der Waals surface area contributed by atoms with E-state index in [-0.39, 0.29) is 16.8 Å². The van der Waals surface area contributed by atoms with Gasteiger partial charge in [0.2, 0.25) is 5.91 Å². The highest BCUT2D eigenvalue weighted by Crippen LogP contribution is 2.17. The normalized spacial score (nSPS) is 10.5. The van der Waals surface area contributed by atoms with Crippen LogP contribution in [0.15, 0.2) is 40.8 Å². The second-order valence-corrected chi connectivity index (χ2v) is 5.05. The van der Waals surface area contributed by atoms with Gasteiger partial charge in [-0.25, -0.2) is 9.59 Å². The molecule has 0 aliphatic carbocycles. The fourth-order valence-corrected chi connectivity index (χ4v) is 2.06. The lowest BCUT2D eigenvalue weighted by atomic mass is 10.1. The maximum absolute atomic E-state index is 12.0. The summed E-state index contributed by atoms with van der Waals surface area (Å²) in [5.41, 5.74) is 0.492. The maximum atomic E-state index is 12.0. The Labute approximate surface area is 144 Å². The van der Waals surface area contributed by atoms with Crippen LogP contribution in [0, 0.1) is 6.92 Å². The van der Waals surface area contributed by atoms with E-state index in [1.165, 1.54) is 44.6 Å². The van der Waals surface area contributed by atoms with Gasteiger partial charge in [-0.1, -0.05) is 0 Å². The Hall–Kier alpha value is -3.35. The summed E-state index contributed by atoms with van der Waals surface area (Å²) in [6, 6.07) is 7.64. The fourth-order valence-electron chi connectivity index (χ4n) is 2.06. The van der Waals surface area contributed by atoms with E-state index >= 15 is 0 Å². The minimum absolute atomic E-state index is 0.117. The molecule has 130 valence electrons. The Morgan fingerprint density at radius 1 is 1.00 bits per heavy atom. The molecule has 0 saturated carbocycles. The van der Waals surface area contributed by atoms with Crippen molar-refractivity contribution in [3.05, 3.63) is 59.1 Å². The van der Waals surface area contributed by atoms with E-state index in [0.29, 0.717) is 5.76 Å². The van der Waals surface area contributed by atoms with Crippen LogP contribution < -0.4 is 5.32 Å². The number of esters is 2. The third-order valence-electron chi connectivity index (χ3n) is 3.20. The molecular weight excluding hydrogens is 326 g/mol. The van der Waals surface area contributed by atoms with Gasteiger partial charge in [-0.2, -0.15) is 0 Å². The van der Waals surface area contributed by atoms with Crippen LogP contribution in [0.1, 0.15) is 32.2 Å². The van der Waals surface area contributed by atoms with Gasteiger partial charge in [0.15, 0.2) is 0 Å². The van der Waals surface area contributed by atoms with E-state index in [2.05, 4.69) is 14.8 Å². The average molecular weight is 343 g/mol. The van der Waals surface area contributed by atoms with E-state index in [0.717, 1.165) is 5.76 Å². The lowest BCUT2D eigenvalue weighted by Gasteiger charge is -2.08.